The Morgan fingerprint density at radius 3 is 2.75 bits per heavy atom. The van der Waals surface area contributed by atoms with Crippen LogP contribution in [-0.2, 0) is 0 Å². The third-order valence-corrected chi connectivity index (χ3v) is 2.41. The number of pyridine rings is 1. The Balaban J connectivity index is 2.45. The lowest BCUT2D eigenvalue weighted by atomic mass is 10.1. The summed E-state index contributed by atoms with van der Waals surface area (Å²) in [4.78, 5) is 4.14. The molecule has 0 saturated carbocycles. The average Bonchev–Trinajstić information content (AvgIpc) is 2.19. The number of nitrogen functional groups attached to an aromatic ring is 1. The van der Waals surface area contributed by atoms with Crippen LogP contribution >= 0.6 is 0 Å². The minimum absolute atomic E-state index is 0.334. The molecule has 0 bridgehead atoms. The van der Waals surface area contributed by atoms with Crippen LogP contribution in [0, 0.1) is 12.8 Å². The first-order chi connectivity index (χ1) is 7.49. The Kier molecular flexibility index (Phi) is 4.55. The lowest BCUT2D eigenvalue weighted by Gasteiger charge is -2.14. The highest BCUT2D eigenvalue weighted by Crippen LogP contribution is 2.13. The second-order valence-corrected chi connectivity index (χ2v) is 4.59. The van der Waals surface area contributed by atoms with Gasteiger partial charge in [0.15, 0.2) is 0 Å². The number of aliphatic hydroxyl groups excluding tert-OH is 1. The fraction of sp³-hybridized carbons (Fsp3) is 0.583. The summed E-state index contributed by atoms with van der Waals surface area (Å²) in [6.45, 7) is 6.64. The highest BCUT2D eigenvalue weighted by Gasteiger charge is 2.07. The van der Waals surface area contributed by atoms with E-state index in [1.807, 2.05) is 13.0 Å². The molecule has 0 aromatic carbocycles. The van der Waals surface area contributed by atoms with Crippen LogP contribution in [0.1, 0.15) is 25.8 Å². The summed E-state index contributed by atoms with van der Waals surface area (Å²) < 4.78 is 0. The van der Waals surface area contributed by atoms with Gasteiger partial charge in [0.05, 0.1) is 18.0 Å². The van der Waals surface area contributed by atoms with Gasteiger partial charge in [0.25, 0.3) is 0 Å². The van der Waals surface area contributed by atoms with Crippen molar-refractivity contribution in [2.24, 2.45) is 5.92 Å². The Hall–Kier alpha value is -1.29. The average molecular weight is 223 g/mol. The van der Waals surface area contributed by atoms with Crippen molar-refractivity contribution >= 4 is 11.5 Å². The topological polar surface area (TPSA) is 71.2 Å². The summed E-state index contributed by atoms with van der Waals surface area (Å²) >= 11 is 0. The zero-order valence-electron chi connectivity index (χ0n) is 10.2. The Labute approximate surface area is 96.9 Å². The second kappa shape index (κ2) is 5.70. The van der Waals surface area contributed by atoms with Gasteiger partial charge in [-0.05, 0) is 30.9 Å². The lowest BCUT2D eigenvalue weighted by molar-refractivity contribution is 0.161. The van der Waals surface area contributed by atoms with Crippen molar-refractivity contribution in [1.82, 2.24) is 4.98 Å². The van der Waals surface area contributed by atoms with E-state index in [1.165, 1.54) is 0 Å². The van der Waals surface area contributed by atoms with Crippen LogP contribution < -0.4 is 11.1 Å². The highest BCUT2D eigenvalue weighted by molar-refractivity contribution is 5.50. The van der Waals surface area contributed by atoms with Gasteiger partial charge in [0.1, 0.15) is 5.82 Å². The van der Waals surface area contributed by atoms with Crippen molar-refractivity contribution in [1.29, 1.82) is 0 Å². The summed E-state index contributed by atoms with van der Waals surface area (Å²) in [6.07, 6.45) is 2.09. The first-order valence-electron chi connectivity index (χ1n) is 5.63. The number of aryl methyl sites for hydroxylation is 1. The molecule has 0 amide bonds. The van der Waals surface area contributed by atoms with E-state index in [0.717, 1.165) is 17.8 Å². The highest BCUT2D eigenvalue weighted by atomic mass is 16.3. The van der Waals surface area contributed by atoms with Gasteiger partial charge < -0.3 is 16.2 Å². The Bertz CT molecular complexity index is 339. The summed E-state index contributed by atoms with van der Waals surface area (Å²) in [5.41, 5.74) is 7.36. The fourth-order valence-electron chi connectivity index (χ4n) is 1.51. The molecule has 1 aromatic heterocycles. The molecule has 90 valence electrons. The van der Waals surface area contributed by atoms with Crippen molar-refractivity contribution in [2.45, 2.75) is 33.3 Å². The maximum absolute atomic E-state index is 9.69. The van der Waals surface area contributed by atoms with E-state index in [2.05, 4.69) is 24.1 Å². The van der Waals surface area contributed by atoms with Crippen molar-refractivity contribution in [3.8, 4) is 0 Å². The van der Waals surface area contributed by atoms with Gasteiger partial charge in [-0.2, -0.15) is 0 Å². The predicted molar refractivity (Wildman–Crippen MR) is 67.3 cm³/mol. The lowest BCUT2D eigenvalue weighted by Crippen LogP contribution is -2.21. The molecule has 0 aliphatic rings. The number of nitrogens with zero attached hydrogens (tertiary/aromatic N) is 1. The number of hydrogen-bond donors (Lipinski definition) is 3. The predicted octanol–water partition coefficient (Wildman–Crippen LogP) is 1.79. The molecule has 4 N–H and O–H groups in total. The van der Waals surface area contributed by atoms with Gasteiger partial charge in [0, 0.05) is 6.54 Å². The van der Waals surface area contributed by atoms with E-state index in [0.29, 0.717) is 18.2 Å². The molecule has 4 heteroatoms. The van der Waals surface area contributed by atoms with Crippen molar-refractivity contribution in [3.05, 3.63) is 17.8 Å². The third kappa shape index (κ3) is 4.06. The standard InChI is InChI=1S/C12H21N3O/c1-8(2)4-10(16)6-14-12-5-9(3)11(13)7-15-12/h5,7-8,10,16H,4,6,13H2,1-3H3,(H,14,15). The SMILES string of the molecule is Cc1cc(NCC(O)CC(C)C)ncc1N. The normalized spacial score (nSPS) is 12.8. The summed E-state index contributed by atoms with van der Waals surface area (Å²) in [5.74, 6) is 1.26. The fourth-order valence-corrected chi connectivity index (χ4v) is 1.51. The molecule has 0 fully saturated rings. The van der Waals surface area contributed by atoms with Gasteiger partial charge in [-0.15, -0.1) is 0 Å². The van der Waals surface area contributed by atoms with Crippen LogP contribution in [0.4, 0.5) is 11.5 Å². The zero-order valence-corrected chi connectivity index (χ0v) is 10.2. The molecule has 1 heterocycles. The maximum atomic E-state index is 9.69. The van der Waals surface area contributed by atoms with Gasteiger partial charge in [-0.25, -0.2) is 4.98 Å². The van der Waals surface area contributed by atoms with E-state index in [9.17, 15) is 5.11 Å². The molecule has 0 aliphatic carbocycles. The monoisotopic (exact) mass is 223 g/mol. The van der Waals surface area contributed by atoms with E-state index in [4.69, 9.17) is 5.73 Å². The van der Waals surface area contributed by atoms with Crippen molar-refractivity contribution in [2.75, 3.05) is 17.6 Å². The minimum atomic E-state index is -0.334. The van der Waals surface area contributed by atoms with Crippen LogP contribution in [0.25, 0.3) is 0 Å². The number of aromatic nitrogens is 1. The van der Waals surface area contributed by atoms with E-state index in [-0.39, 0.29) is 6.10 Å². The Morgan fingerprint density at radius 1 is 1.50 bits per heavy atom. The zero-order chi connectivity index (χ0) is 12.1. The third-order valence-electron chi connectivity index (χ3n) is 2.41. The Morgan fingerprint density at radius 2 is 2.19 bits per heavy atom. The number of nitrogens with one attached hydrogen (secondary N) is 1. The maximum Gasteiger partial charge on any atom is 0.126 e. The number of anilines is 2. The summed E-state index contributed by atoms with van der Waals surface area (Å²) in [5, 5.41) is 12.8. The van der Waals surface area contributed by atoms with Crippen molar-refractivity contribution < 1.29 is 5.11 Å². The molecule has 1 rings (SSSR count). The second-order valence-electron chi connectivity index (χ2n) is 4.59. The molecule has 4 nitrogen and oxygen atoms in total. The molecule has 0 aliphatic heterocycles. The molecule has 0 saturated heterocycles. The molecule has 1 atom stereocenters. The molecule has 1 unspecified atom stereocenters. The van der Waals surface area contributed by atoms with Crippen LogP contribution in [0.2, 0.25) is 0 Å². The first kappa shape index (κ1) is 12.8. The number of nitrogens with two attached hydrogens (primary N) is 1. The van der Waals surface area contributed by atoms with Gasteiger partial charge in [-0.1, -0.05) is 13.8 Å². The number of hydrogen-bond acceptors (Lipinski definition) is 4. The number of rotatable bonds is 5. The van der Waals surface area contributed by atoms with Gasteiger partial charge in [-0.3, -0.25) is 0 Å². The van der Waals surface area contributed by atoms with Gasteiger partial charge in [0.2, 0.25) is 0 Å². The van der Waals surface area contributed by atoms with Crippen LogP contribution in [-0.4, -0.2) is 22.7 Å². The molecule has 1 aromatic rings. The summed E-state index contributed by atoms with van der Waals surface area (Å²) in [6, 6.07) is 1.89. The molecule has 0 radical (unpaired) electrons. The van der Waals surface area contributed by atoms with E-state index in [1.54, 1.807) is 6.20 Å². The molecule has 0 spiro atoms. The summed E-state index contributed by atoms with van der Waals surface area (Å²) in [7, 11) is 0. The van der Waals surface area contributed by atoms with Crippen LogP contribution in [0.15, 0.2) is 12.3 Å². The number of aliphatic hydroxyl groups is 1. The van der Waals surface area contributed by atoms with Crippen LogP contribution in [0.3, 0.4) is 0 Å². The molecule has 16 heavy (non-hydrogen) atoms. The van der Waals surface area contributed by atoms with E-state index < -0.39 is 0 Å². The minimum Gasteiger partial charge on any atom is -0.397 e. The largest absolute Gasteiger partial charge is 0.397 e. The smallest absolute Gasteiger partial charge is 0.126 e. The van der Waals surface area contributed by atoms with Crippen LogP contribution in [0.5, 0.6) is 0 Å². The molecular formula is C12H21N3O. The van der Waals surface area contributed by atoms with E-state index >= 15 is 0 Å². The molecular weight excluding hydrogens is 202 g/mol. The van der Waals surface area contributed by atoms with Crippen molar-refractivity contribution in [3.63, 3.8) is 0 Å². The van der Waals surface area contributed by atoms with Gasteiger partial charge >= 0.3 is 0 Å². The quantitative estimate of drug-likeness (QED) is 0.711. The first-order valence-corrected chi connectivity index (χ1v) is 5.63.